The molecule has 0 spiro atoms. The lowest BCUT2D eigenvalue weighted by molar-refractivity contribution is -0.697. The van der Waals surface area contributed by atoms with Crippen LogP contribution in [0, 0.1) is 0 Å². The van der Waals surface area contributed by atoms with Gasteiger partial charge in [0.1, 0.15) is 12.4 Å². The van der Waals surface area contributed by atoms with Gasteiger partial charge in [-0.15, -0.1) is 0 Å². The minimum absolute atomic E-state index is 0.0268. The summed E-state index contributed by atoms with van der Waals surface area (Å²) in [6.45, 7) is -0.816. The third-order valence-electron chi connectivity index (χ3n) is 2.23. The van der Waals surface area contributed by atoms with Gasteiger partial charge >= 0.3 is 12.4 Å². The summed E-state index contributed by atoms with van der Waals surface area (Å²) >= 11 is 0. The second-order valence-corrected chi connectivity index (χ2v) is 4.01. The second kappa shape index (κ2) is 5.62. The van der Waals surface area contributed by atoms with E-state index >= 15 is 0 Å². The number of aryl methyl sites for hydroxylation is 1. The van der Waals surface area contributed by atoms with Crippen LogP contribution in [0.25, 0.3) is 0 Å². The summed E-state index contributed by atoms with van der Waals surface area (Å²) in [6.07, 6.45) is -5.18. The maximum absolute atomic E-state index is 12.0. The van der Waals surface area contributed by atoms with E-state index in [1.54, 1.807) is 0 Å². The van der Waals surface area contributed by atoms with Gasteiger partial charge < -0.3 is 0 Å². The molecule has 0 aliphatic carbocycles. The predicted octanol–water partition coefficient (Wildman–Crippen LogP) is 3.07. The Bertz CT molecular complexity index is 365. The fourth-order valence-corrected chi connectivity index (χ4v) is 1.49. The molecule has 104 valence electrons. The summed E-state index contributed by atoms with van der Waals surface area (Å²) < 4.78 is 74.0. The largest absolute Gasteiger partial charge is 0.426 e. The van der Waals surface area contributed by atoms with Crippen LogP contribution in [0.1, 0.15) is 19.3 Å². The van der Waals surface area contributed by atoms with Crippen LogP contribution in [0.5, 0.6) is 0 Å². The van der Waals surface area contributed by atoms with Crippen LogP contribution in [-0.4, -0.2) is 16.9 Å². The molecule has 2 nitrogen and oxygen atoms in total. The van der Waals surface area contributed by atoms with Crippen LogP contribution >= 0.6 is 0 Å². The molecule has 1 aromatic heterocycles. The monoisotopic (exact) mass is 275 g/mol. The van der Waals surface area contributed by atoms with Crippen LogP contribution < -0.4 is 4.57 Å². The van der Waals surface area contributed by atoms with Crippen molar-refractivity contribution in [1.29, 1.82) is 0 Å². The molecule has 0 aliphatic rings. The van der Waals surface area contributed by atoms with E-state index in [1.807, 2.05) is 0 Å². The van der Waals surface area contributed by atoms with E-state index in [9.17, 15) is 26.3 Å². The number of alkyl halides is 6. The summed E-state index contributed by atoms with van der Waals surface area (Å²) in [5.74, 6) is 0. The van der Waals surface area contributed by atoms with Crippen molar-refractivity contribution < 1.29 is 30.9 Å². The number of imidazole rings is 1. The quantitative estimate of drug-likeness (QED) is 0.443. The van der Waals surface area contributed by atoms with Crippen molar-refractivity contribution in [3.63, 3.8) is 0 Å². The number of unbranched alkanes of at least 4 members (excludes halogenated alkanes) is 1. The Morgan fingerprint density at radius 2 is 1.61 bits per heavy atom. The van der Waals surface area contributed by atoms with E-state index in [0.717, 1.165) is 4.57 Å². The molecule has 0 N–H and O–H groups in total. The van der Waals surface area contributed by atoms with E-state index in [0.29, 0.717) is 0 Å². The Labute approximate surface area is 99.8 Å². The normalized spacial score (nSPS) is 13.0. The van der Waals surface area contributed by atoms with Crippen LogP contribution in [0.3, 0.4) is 0 Å². The number of aromatic nitrogens is 2. The SMILES string of the molecule is FC(F)(F)CCCC[n+]1ccn(CC(F)(F)F)c1. The highest BCUT2D eigenvalue weighted by Crippen LogP contribution is 2.22. The summed E-state index contributed by atoms with van der Waals surface area (Å²) in [6, 6.07) is 0. The molecule has 0 bridgehead atoms. The molecule has 1 heterocycles. The summed E-state index contributed by atoms with van der Waals surface area (Å²) in [5.41, 5.74) is 0. The Hall–Kier alpha value is -1.21. The van der Waals surface area contributed by atoms with Crippen molar-refractivity contribution >= 4 is 0 Å². The summed E-state index contributed by atoms with van der Waals surface area (Å²) in [7, 11) is 0. The van der Waals surface area contributed by atoms with E-state index < -0.39 is 25.3 Å². The fraction of sp³-hybridized carbons (Fsp3) is 0.700. The highest BCUT2D eigenvalue weighted by molar-refractivity contribution is 4.68. The van der Waals surface area contributed by atoms with Crippen LogP contribution in [0.4, 0.5) is 26.3 Å². The topological polar surface area (TPSA) is 8.81 Å². The van der Waals surface area contributed by atoms with Gasteiger partial charge in [-0.3, -0.25) is 0 Å². The average Bonchev–Trinajstić information content (AvgIpc) is 2.56. The first-order valence-corrected chi connectivity index (χ1v) is 5.34. The molecule has 0 amide bonds. The van der Waals surface area contributed by atoms with Gasteiger partial charge in [-0.2, -0.15) is 26.3 Å². The Morgan fingerprint density at radius 3 is 2.17 bits per heavy atom. The molecular weight excluding hydrogens is 262 g/mol. The molecule has 1 rings (SSSR count). The number of nitrogens with zero attached hydrogens (tertiary/aromatic N) is 2. The Balaban J connectivity index is 2.32. The van der Waals surface area contributed by atoms with Crippen molar-refractivity contribution in [2.45, 2.75) is 44.7 Å². The lowest BCUT2D eigenvalue weighted by Crippen LogP contribution is -2.31. The lowest BCUT2D eigenvalue weighted by atomic mass is 10.2. The van der Waals surface area contributed by atoms with Crippen LogP contribution in [0.15, 0.2) is 18.7 Å². The molecule has 0 saturated carbocycles. The van der Waals surface area contributed by atoms with Gasteiger partial charge in [-0.25, -0.2) is 9.13 Å². The third-order valence-corrected chi connectivity index (χ3v) is 2.23. The van der Waals surface area contributed by atoms with Crippen molar-refractivity contribution in [1.82, 2.24) is 4.57 Å². The van der Waals surface area contributed by atoms with Crippen molar-refractivity contribution in [3.8, 4) is 0 Å². The van der Waals surface area contributed by atoms with E-state index in [4.69, 9.17) is 0 Å². The maximum Gasteiger partial charge on any atom is 0.426 e. The van der Waals surface area contributed by atoms with Gasteiger partial charge in [0.15, 0.2) is 6.54 Å². The van der Waals surface area contributed by atoms with Crippen LogP contribution in [0.2, 0.25) is 0 Å². The first-order valence-electron chi connectivity index (χ1n) is 5.34. The zero-order valence-corrected chi connectivity index (χ0v) is 9.43. The van der Waals surface area contributed by atoms with Gasteiger partial charge in [-0.05, 0) is 12.8 Å². The summed E-state index contributed by atoms with van der Waals surface area (Å²) in [5, 5.41) is 0. The lowest BCUT2D eigenvalue weighted by Gasteiger charge is -2.04. The molecule has 0 radical (unpaired) electrons. The van der Waals surface area contributed by atoms with Crippen LogP contribution in [-0.2, 0) is 13.1 Å². The molecular formula is C10H13F6N2+. The van der Waals surface area contributed by atoms with Crippen molar-refractivity contribution in [2.24, 2.45) is 0 Å². The molecule has 0 unspecified atom stereocenters. The van der Waals surface area contributed by atoms with Gasteiger partial charge in [0.25, 0.3) is 0 Å². The molecule has 8 heteroatoms. The molecule has 0 aromatic carbocycles. The Morgan fingerprint density at radius 1 is 0.944 bits per heavy atom. The molecule has 0 atom stereocenters. The number of hydrogen-bond acceptors (Lipinski definition) is 0. The number of rotatable bonds is 5. The zero-order chi connectivity index (χ0) is 13.8. The zero-order valence-electron chi connectivity index (χ0n) is 9.43. The highest BCUT2D eigenvalue weighted by atomic mass is 19.4. The first-order chi connectivity index (χ1) is 8.16. The second-order valence-electron chi connectivity index (χ2n) is 4.01. The van der Waals surface area contributed by atoms with Gasteiger partial charge in [-0.1, -0.05) is 0 Å². The van der Waals surface area contributed by atoms with E-state index in [-0.39, 0.29) is 19.4 Å². The molecule has 0 saturated heterocycles. The van der Waals surface area contributed by atoms with Crippen molar-refractivity contribution in [2.75, 3.05) is 0 Å². The third kappa shape index (κ3) is 6.51. The fourth-order valence-electron chi connectivity index (χ4n) is 1.49. The minimum atomic E-state index is -4.30. The summed E-state index contributed by atoms with van der Waals surface area (Å²) in [4.78, 5) is 0. The van der Waals surface area contributed by atoms with E-state index in [1.165, 1.54) is 23.3 Å². The molecule has 0 aliphatic heterocycles. The number of hydrogen-bond donors (Lipinski definition) is 0. The van der Waals surface area contributed by atoms with Gasteiger partial charge in [0.2, 0.25) is 6.33 Å². The standard InChI is InChI=1S/C10H13F6N2/c11-9(12,13)3-1-2-4-17-5-6-18(8-17)7-10(14,15)16/h5-6,8H,1-4,7H2/q+1. The van der Waals surface area contributed by atoms with Gasteiger partial charge in [0, 0.05) is 6.42 Å². The maximum atomic E-state index is 12.0. The average molecular weight is 275 g/mol. The Kier molecular flexibility index (Phi) is 4.64. The van der Waals surface area contributed by atoms with E-state index in [2.05, 4.69) is 0 Å². The minimum Gasteiger partial charge on any atom is -0.237 e. The number of halogens is 6. The molecule has 0 fully saturated rings. The smallest absolute Gasteiger partial charge is 0.237 e. The predicted molar refractivity (Wildman–Crippen MR) is 50.6 cm³/mol. The molecule has 1 aromatic rings. The van der Waals surface area contributed by atoms with Gasteiger partial charge in [0.05, 0.1) is 6.54 Å². The highest BCUT2D eigenvalue weighted by Gasteiger charge is 2.31. The molecule has 18 heavy (non-hydrogen) atoms. The first kappa shape index (κ1) is 14.8. The van der Waals surface area contributed by atoms with Crippen molar-refractivity contribution in [3.05, 3.63) is 18.7 Å².